The Hall–Kier alpha value is -12.2. The molecule has 0 aliphatic rings. The number of aliphatic hydroxyl groups is 24. The standard InChI is InChI=1S/C42H63N7O18.C33H38N6O6.C18H30N10O6/c1-46(16-28(53)34(59)37(62)31(56)19-50)40(65)22-4-7-25(43-10-22)13-49(14-26-8-5-23(11-44-26)41(66)47(2)17-29(54)35(60)38(63)32(57)20-51)15-27-9-6-24(12-45-27)42(67)48(3)18-30(55)36(61)39(64)33(58)21-52;40-22-33(23-41,24-42)38-31(43)15-25-7-10-27(11-8-25)37-32(44)21-45-20-26-9-12-30(36-16-26)19-39(17-28-5-1-3-13-34-28)18-29-6-2-4-14-35-29;29-10-16(32)7-26-4-13(19-22-26)1-25(2-14-5-27(23-20-14)8-17(33)11-30)3-15-6-28(24-21-15)9-18(34)12-31/h4-12,28-39,50-64H,13-21H2,1-3H3;1-14,16,40-42H,15,17-24H2,(H,37,44)(H,38,43);4-6,16-18,29-34H,1-3,7-12H2/t28-,29-,30-,31+,32+,33+,34+,35+,36+,37+,38+,39+;;/m0../s1. The monoisotopic (exact) mass is 2050 g/mol. The van der Waals surface area contributed by atoms with Crippen LogP contribution in [0.2, 0.25) is 0 Å². The summed E-state index contributed by atoms with van der Waals surface area (Å²) in [7, 11) is 3.98. The number of aromatic nitrogens is 15. The number of benzene rings is 1. The lowest BCUT2D eigenvalue weighted by Crippen LogP contribution is -2.57. The molecule has 9 heterocycles. The number of ether oxygens (including phenoxy) is 1. The SMILES string of the molecule is CN(C[C@H](O)[C@@H](O)[C@H](O)[C@H](O)CO)C(=O)c1ccc(CN(Cc2ccc(C(=O)N(C)C[C@H](O)[C@@H](O)[C@H](O)[C@H](O)CO)cn2)Cc2ccc(C(=O)N(C)C[C@H](O)[C@@H](O)[C@H](O)[C@H](O)CO)cn2)nc1.O=C(COCc1ccc(CN(Cc2ccccn2)Cc2ccccn2)nc1)Nc1ccc(CC(=O)NC(CO)(CO)CO)cc1.OCC(O)Cn1cc(CN(Cc2cn(CC(O)CO)nn2)Cc2cn(CC(O)CO)nn2)nn1. The summed E-state index contributed by atoms with van der Waals surface area (Å²) in [6.07, 6.45) is -10.2. The Kier molecular flexibility index (Phi) is 49.5. The quantitative estimate of drug-likeness (QED) is 0.0168. The summed E-state index contributed by atoms with van der Waals surface area (Å²) in [4.78, 5) is 100. The van der Waals surface area contributed by atoms with Gasteiger partial charge in [0.2, 0.25) is 11.8 Å². The number of rotatable bonds is 59. The van der Waals surface area contributed by atoms with E-state index in [4.69, 9.17) is 35.4 Å². The number of anilines is 1. The maximum atomic E-state index is 13.2. The molecule has 26 N–H and O–H groups in total. The van der Waals surface area contributed by atoms with E-state index in [1.807, 2.05) is 58.3 Å². The second kappa shape index (κ2) is 60.8. The van der Waals surface area contributed by atoms with Crippen molar-refractivity contribution in [2.45, 2.75) is 189 Å². The van der Waals surface area contributed by atoms with Gasteiger partial charge in [-0.15, -0.1) is 15.3 Å². The van der Waals surface area contributed by atoms with Crippen LogP contribution in [-0.4, -0.2) is 460 Å². The van der Waals surface area contributed by atoms with Crippen LogP contribution in [0.1, 0.15) is 93.4 Å². The number of nitrogens with one attached hydrogen (secondary N) is 2. The molecule has 1 aromatic carbocycles. The van der Waals surface area contributed by atoms with Crippen molar-refractivity contribution in [2.24, 2.45) is 0 Å². The number of amides is 5. The van der Waals surface area contributed by atoms with E-state index in [-0.39, 0.29) is 101 Å². The molecule has 0 fully saturated rings. The van der Waals surface area contributed by atoms with Crippen LogP contribution in [0.4, 0.5) is 5.69 Å². The van der Waals surface area contributed by atoms with Crippen molar-refractivity contribution < 1.29 is 151 Å². The Bertz CT molecular complexity index is 5080. The van der Waals surface area contributed by atoms with Gasteiger partial charge in [-0.25, -0.2) is 14.0 Å². The minimum absolute atomic E-state index is 0.0294. The average molecular weight is 2050 g/mol. The lowest BCUT2D eigenvalue weighted by molar-refractivity contribution is -0.124. The summed E-state index contributed by atoms with van der Waals surface area (Å²) >= 11 is 0. The highest BCUT2D eigenvalue weighted by molar-refractivity contribution is 5.95. The molecule has 15 atom stereocenters. The first kappa shape index (κ1) is 119. The Morgan fingerprint density at radius 3 is 0.925 bits per heavy atom. The summed E-state index contributed by atoms with van der Waals surface area (Å²) in [5, 5.41) is 261. The second-order valence-electron chi connectivity index (χ2n) is 34.8. The number of carbonyl (C=O) groups excluding carboxylic acids is 5. The van der Waals surface area contributed by atoms with Crippen LogP contribution in [0.5, 0.6) is 0 Å². The van der Waals surface area contributed by atoms with Gasteiger partial charge in [-0.1, -0.05) is 46.0 Å². The lowest BCUT2D eigenvalue weighted by atomic mass is 10.0. The molecule has 53 nitrogen and oxygen atoms in total. The van der Waals surface area contributed by atoms with Crippen molar-refractivity contribution in [3.8, 4) is 0 Å². The first-order valence-corrected chi connectivity index (χ1v) is 46.0. The predicted octanol–water partition coefficient (Wildman–Crippen LogP) is -10.1. The third-order valence-corrected chi connectivity index (χ3v) is 22.4. The van der Waals surface area contributed by atoms with Gasteiger partial charge in [-0.3, -0.25) is 68.6 Å². The minimum atomic E-state index is -1.88. The maximum Gasteiger partial charge on any atom is 0.255 e. The molecule has 798 valence electrons. The zero-order chi connectivity index (χ0) is 107. The smallest absolute Gasteiger partial charge is 0.255 e. The summed E-state index contributed by atoms with van der Waals surface area (Å²) in [5.74, 6) is -2.63. The minimum Gasteiger partial charge on any atom is -0.394 e. The molecule has 10 aromatic rings. The zero-order valence-corrected chi connectivity index (χ0v) is 80.4. The number of hydrogen-bond acceptors (Lipinski definition) is 45. The van der Waals surface area contributed by atoms with Crippen LogP contribution in [0, 0.1) is 0 Å². The van der Waals surface area contributed by atoms with Crippen LogP contribution < -0.4 is 10.6 Å². The summed E-state index contributed by atoms with van der Waals surface area (Å²) in [5.41, 5.74) is 6.81. The van der Waals surface area contributed by atoms with Gasteiger partial charge in [0.05, 0.1) is 178 Å². The Balaban J connectivity index is 0.000000284. The Labute approximate surface area is 837 Å². The topological polar surface area (TPSA) is 793 Å². The van der Waals surface area contributed by atoms with Crippen molar-refractivity contribution in [3.05, 3.63) is 244 Å². The fraction of sp³-hybridized carbons (Fsp3) is 0.495. The normalized spacial score (nSPS) is 14.8. The third kappa shape index (κ3) is 38.9. The molecular weight excluding hydrogens is 1920 g/mol. The van der Waals surface area contributed by atoms with Gasteiger partial charge < -0.3 is 153 Å². The van der Waals surface area contributed by atoms with E-state index in [0.29, 0.717) is 84.7 Å². The highest BCUT2D eigenvalue weighted by Gasteiger charge is 2.36. The molecule has 146 heavy (non-hydrogen) atoms. The van der Waals surface area contributed by atoms with E-state index in [2.05, 4.69) is 76.4 Å². The molecule has 0 saturated carbocycles. The molecule has 10 rings (SSSR count). The lowest BCUT2D eigenvalue weighted by Gasteiger charge is -2.28. The first-order valence-electron chi connectivity index (χ1n) is 46.0. The highest BCUT2D eigenvalue weighted by Crippen LogP contribution is 2.22. The van der Waals surface area contributed by atoms with Crippen molar-refractivity contribution in [3.63, 3.8) is 0 Å². The molecule has 0 aliphatic carbocycles. The molecule has 0 aliphatic heterocycles. The summed E-state index contributed by atoms with van der Waals surface area (Å²) in [6.45, 7) is -3.28. The third-order valence-electron chi connectivity index (χ3n) is 22.4. The van der Waals surface area contributed by atoms with Crippen LogP contribution in [0.3, 0.4) is 0 Å². The first-order chi connectivity index (χ1) is 69.8. The largest absolute Gasteiger partial charge is 0.394 e. The van der Waals surface area contributed by atoms with Crippen molar-refractivity contribution in [1.82, 2.24) is 110 Å². The molecule has 9 aromatic heterocycles. The van der Waals surface area contributed by atoms with Crippen molar-refractivity contribution in [1.29, 1.82) is 0 Å². The number of carbonyl (C=O) groups is 5. The van der Waals surface area contributed by atoms with E-state index < -0.39 is 180 Å². The van der Waals surface area contributed by atoms with Gasteiger partial charge in [0.25, 0.3) is 17.7 Å². The number of hydrogen-bond donors (Lipinski definition) is 26. The molecule has 53 heteroatoms. The Morgan fingerprint density at radius 2 is 0.644 bits per heavy atom. The van der Waals surface area contributed by atoms with Gasteiger partial charge >= 0.3 is 0 Å². The van der Waals surface area contributed by atoms with Crippen molar-refractivity contribution in [2.75, 3.05) is 112 Å². The zero-order valence-electron chi connectivity index (χ0n) is 80.4. The van der Waals surface area contributed by atoms with Crippen LogP contribution in [-0.2, 0) is 106 Å². The predicted molar refractivity (Wildman–Crippen MR) is 508 cm³/mol. The van der Waals surface area contributed by atoms with Crippen LogP contribution in [0.25, 0.3) is 0 Å². The van der Waals surface area contributed by atoms with E-state index in [9.17, 15) is 116 Å². The van der Waals surface area contributed by atoms with Gasteiger partial charge in [-0.05, 0) is 90.0 Å². The summed E-state index contributed by atoms with van der Waals surface area (Å²) < 4.78 is 9.91. The van der Waals surface area contributed by atoms with Crippen molar-refractivity contribution >= 4 is 35.2 Å². The van der Waals surface area contributed by atoms with E-state index in [1.165, 1.54) is 72.0 Å². The maximum absolute atomic E-state index is 13.2. The molecule has 0 radical (unpaired) electrons. The van der Waals surface area contributed by atoms with Gasteiger partial charge in [0, 0.05) is 161 Å². The molecule has 0 bridgehead atoms. The van der Waals surface area contributed by atoms with E-state index in [0.717, 1.165) is 37.3 Å². The number of nitrogens with zero attached hydrogens (tertiary/aromatic N) is 21. The molecular formula is C93H131N23O30. The van der Waals surface area contributed by atoms with Gasteiger partial charge in [0.1, 0.15) is 85.4 Å². The second-order valence-corrected chi connectivity index (χ2v) is 34.8. The average Bonchev–Trinajstić information content (AvgIpc) is 1.75. The molecule has 0 saturated heterocycles. The Morgan fingerprint density at radius 1 is 0.342 bits per heavy atom. The fourth-order valence-corrected chi connectivity index (χ4v) is 14.2. The number of aliphatic hydroxyl groups excluding tert-OH is 24. The summed E-state index contributed by atoms with van der Waals surface area (Å²) in [6, 6.07) is 31.3. The number of pyridine rings is 6. The van der Waals surface area contributed by atoms with Crippen LogP contribution >= 0.6 is 0 Å². The molecule has 0 spiro atoms. The molecule has 3 unspecified atom stereocenters. The highest BCUT2D eigenvalue weighted by atomic mass is 16.5. The molecule has 5 amide bonds. The van der Waals surface area contributed by atoms with Crippen LogP contribution in [0.15, 0.2) is 165 Å². The van der Waals surface area contributed by atoms with E-state index >= 15 is 0 Å². The van der Waals surface area contributed by atoms with E-state index in [1.54, 1.807) is 79.6 Å². The number of likely N-dealkylation sites (N-methyl/N-ethyl adjacent to an activating group) is 3. The van der Waals surface area contributed by atoms with Gasteiger partial charge in [0.15, 0.2) is 0 Å². The fourth-order valence-electron chi connectivity index (χ4n) is 14.2. The van der Waals surface area contributed by atoms with Gasteiger partial charge in [-0.2, -0.15) is 0 Å².